The van der Waals surface area contributed by atoms with Gasteiger partial charge in [0, 0.05) is 12.3 Å². The van der Waals surface area contributed by atoms with E-state index in [-0.39, 0.29) is 18.4 Å². The number of ether oxygens (including phenoxy) is 2. The minimum Gasteiger partial charge on any atom is -0.481 e. The highest BCUT2D eigenvalue weighted by molar-refractivity contribution is 5.75. The number of amides is 1. The molecule has 3 rings (SSSR count). The Hall–Kier alpha value is -2.89. The maximum absolute atomic E-state index is 13.4. The lowest BCUT2D eigenvalue weighted by atomic mass is 10.1. The quantitative estimate of drug-likeness (QED) is 0.720. The van der Waals surface area contributed by atoms with E-state index < -0.39 is 17.8 Å². The molecular weight excluding hydrogens is 359 g/mol. The van der Waals surface area contributed by atoms with Crippen LogP contribution in [0.5, 0.6) is 5.75 Å². The van der Waals surface area contributed by atoms with Crippen molar-refractivity contribution in [1.29, 1.82) is 0 Å². The van der Waals surface area contributed by atoms with Gasteiger partial charge in [0.05, 0.1) is 12.6 Å². The second-order valence-corrected chi connectivity index (χ2v) is 7.77. The van der Waals surface area contributed by atoms with Gasteiger partial charge in [-0.1, -0.05) is 30.3 Å². The molecule has 2 atom stereocenters. The summed E-state index contributed by atoms with van der Waals surface area (Å²) in [4.78, 5) is 18.8. The largest absolute Gasteiger partial charge is 0.481 e. The molecule has 148 valence electrons. The van der Waals surface area contributed by atoms with E-state index in [1.54, 1.807) is 17.2 Å². The molecule has 5 nitrogen and oxygen atoms in total. The smallest absolute Gasteiger partial charge is 0.410 e. The van der Waals surface area contributed by atoms with Crippen molar-refractivity contribution in [2.24, 2.45) is 4.99 Å². The first-order chi connectivity index (χ1) is 13.2. The summed E-state index contributed by atoms with van der Waals surface area (Å²) in [5, 5.41) is 0. The average Bonchev–Trinajstić information content (AvgIpc) is 2.65. The highest BCUT2D eigenvalue weighted by Gasteiger charge is 2.30. The third-order valence-corrected chi connectivity index (χ3v) is 4.33. The molecule has 0 aromatic heterocycles. The summed E-state index contributed by atoms with van der Waals surface area (Å²) in [6, 6.07) is 13.7. The van der Waals surface area contributed by atoms with E-state index in [9.17, 15) is 9.18 Å². The summed E-state index contributed by atoms with van der Waals surface area (Å²) in [6.45, 7) is 7.70. The van der Waals surface area contributed by atoms with Crippen molar-refractivity contribution in [2.75, 3.05) is 6.54 Å². The number of benzene rings is 2. The molecule has 1 aliphatic rings. The van der Waals surface area contributed by atoms with E-state index >= 15 is 0 Å². The van der Waals surface area contributed by atoms with Crippen LogP contribution in [-0.2, 0) is 4.74 Å². The maximum atomic E-state index is 13.4. The number of fused-ring (bicyclic) bond motifs is 1. The van der Waals surface area contributed by atoms with Gasteiger partial charge in [-0.05, 0) is 45.4 Å². The van der Waals surface area contributed by atoms with E-state index in [1.807, 2.05) is 58.0 Å². The van der Waals surface area contributed by atoms with Crippen molar-refractivity contribution in [3.63, 3.8) is 0 Å². The summed E-state index contributed by atoms with van der Waals surface area (Å²) in [7, 11) is 0. The van der Waals surface area contributed by atoms with Crippen LogP contribution in [0.25, 0.3) is 0 Å². The molecule has 0 saturated heterocycles. The zero-order valence-electron chi connectivity index (χ0n) is 16.6. The van der Waals surface area contributed by atoms with Gasteiger partial charge in [0.1, 0.15) is 22.9 Å². The number of carbonyl (C=O) groups excluding carboxylic acids is 1. The predicted octanol–water partition coefficient (Wildman–Crippen LogP) is 5.29. The molecule has 2 aromatic rings. The SMILES string of the molecule is C[C@@H](c1ccccc1)N(CC1C=Nc2cc(F)ccc2O1)C(=O)OC(C)(C)C. The van der Waals surface area contributed by atoms with E-state index in [1.165, 1.54) is 12.1 Å². The molecule has 0 aliphatic carbocycles. The second kappa shape index (κ2) is 8.00. The van der Waals surface area contributed by atoms with Gasteiger partial charge in [0.2, 0.25) is 0 Å². The van der Waals surface area contributed by atoms with Crippen molar-refractivity contribution in [3.8, 4) is 5.75 Å². The molecule has 1 unspecified atom stereocenters. The van der Waals surface area contributed by atoms with Crippen LogP contribution in [0.1, 0.15) is 39.3 Å². The van der Waals surface area contributed by atoms with Gasteiger partial charge in [0.15, 0.2) is 6.10 Å². The number of carbonyl (C=O) groups is 1. The van der Waals surface area contributed by atoms with Crippen molar-refractivity contribution in [2.45, 2.75) is 45.4 Å². The van der Waals surface area contributed by atoms with Crippen molar-refractivity contribution in [1.82, 2.24) is 4.90 Å². The third kappa shape index (κ3) is 4.88. The molecule has 0 N–H and O–H groups in total. The highest BCUT2D eigenvalue weighted by Crippen LogP contribution is 2.32. The fourth-order valence-electron chi connectivity index (χ4n) is 2.95. The molecule has 28 heavy (non-hydrogen) atoms. The van der Waals surface area contributed by atoms with Gasteiger partial charge < -0.3 is 9.47 Å². The Morgan fingerprint density at radius 1 is 1.25 bits per heavy atom. The summed E-state index contributed by atoms with van der Waals surface area (Å²) >= 11 is 0. The standard InChI is InChI=1S/C22H25FN2O3/c1-15(16-8-6-5-7-9-16)25(21(26)28-22(2,3)4)14-18-13-24-19-12-17(23)10-11-20(19)27-18/h5-13,15,18H,14H2,1-4H3/t15-,18?/m0/s1. The number of hydrogen-bond donors (Lipinski definition) is 0. The molecule has 1 aliphatic heterocycles. The van der Waals surface area contributed by atoms with Crippen LogP contribution in [0.3, 0.4) is 0 Å². The Balaban J connectivity index is 1.81. The Morgan fingerprint density at radius 3 is 2.64 bits per heavy atom. The summed E-state index contributed by atoms with van der Waals surface area (Å²) in [6.07, 6.45) is 0.707. The average molecular weight is 384 g/mol. The second-order valence-electron chi connectivity index (χ2n) is 7.77. The number of nitrogens with zero attached hydrogens (tertiary/aromatic N) is 2. The van der Waals surface area contributed by atoms with Gasteiger partial charge in [-0.3, -0.25) is 9.89 Å². The Kier molecular flexibility index (Phi) is 5.68. The number of halogens is 1. The maximum Gasteiger partial charge on any atom is 0.410 e. The molecule has 0 bridgehead atoms. The molecule has 2 aromatic carbocycles. The lowest BCUT2D eigenvalue weighted by Gasteiger charge is -2.34. The summed E-state index contributed by atoms with van der Waals surface area (Å²) in [5.41, 5.74) is 0.817. The Morgan fingerprint density at radius 2 is 1.96 bits per heavy atom. The monoisotopic (exact) mass is 384 g/mol. The van der Waals surface area contributed by atoms with Gasteiger partial charge in [0.25, 0.3) is 0 Å². The highest BCUT2D eigenvalue weighted by atomic mass is 19.1. The molecule has 0 radical (unpaired) electrons. The normalized spacial score (nSPS) is 16.7. The zero-order valence-corrected chi connectivity index (χ0v) is 16.6. The predicted molar refractivity (Wildman–Crippen MR) is 107 cm³/mol. The van der Waals surface area contributed by atoms with Crippen LogP contribution in [0, 0.1) is 5.82 Å². The van der Waals surface area contributed by atoms with E-state index in [0.29, 0.717) is 11.4 Å². The van der Waals surface area contributed by atoms with Crippen molar-refractivity contribution >= 4 is 18.0 Å². The van der Waals surface area contributed by atoms with Crippen LogP contribution < -0.4 is 4.74 Å². The summed E-state index contributed by atoms with van der Waals surface area (Å²) in [5.74, 6) is 0.122. The number of aliphatic imine (C=N–C) groups is 1. The zero-order chi connectivity index (χ0) is 20.3. The molecule has 6 heteroatoms. The first-order valence-corrected chi connectivity index (χ1v) is 9.28. The van der Waals surface area contributed by atoms with Crippen LogP contribution in [0.15, 0.2) is 53.5 Å². The topological polar surface area (TPSA) is 51.1 Å². The molecule has 0 spiro atoms. The molecule has 0 fully saturated rings. The van der Waals surface area contributed by atoms with Crippen LogP contribution in [0.4, 0.5) is 14.9 Å². The molecule has 1 amide bonds. The van der Waals surface area contributed by atoms with Crippen LogP contribution in [-0.4, -0.2) is 35.5 Å². The lowest BCUT2D eigenvalue weighted by Crippen LogP contribution is -2.44. The fraction of sp³-hybridized carbons (Fsp3) is 0.364. The summed E-state index contributed by atoms with van der Waals surface area (Å²) < 4.78 is 24.9. The third-order valence-electron chi connectivity index (χ3n) is 4.33. The van der Waals surface area contributed by atoms with Crippen molar-refractivity contribution < 1.29 is 18.7 Å². The molecule has 1 heterocycles. The van der Waals surface area contributed by atoms with Crippen LogP contribution >= 0.6 is 0 Å². The Labute approximate surface area is 164 Å². The lowest BCUT2D eigenvalue weighted by molar-refractivity contribution is 0.0121. The van der Waals surface area contributed by atoms with Gasteiger partial charge in [-0.25, -0.2) is 9.18 Å². The first-order valence-electron chi connectivity index (χ1n) is 9.28. The number of rotatable bonds is 4. The van der Waals surface area contributed by atoms with E-state index in [4.69, 9.17) is 9.47 Å². The van der Waals surface area contributed by atoms with E-state index in [2.05, 4.69) is 4.99 Å². The van der Waals surface area contributed by atoms with E-state index in [0.717, 1.165) is 5.56 Å². The fourth-order valence-corrected chi connectivity index (χ4v) is 2.95. The minimum absolute atomic E-state index is 0.220. The van der Waals surface area contributed by atoms with Crippen molar-refractivity contribution in [3.05, 3.63) is 59.9 Å². The van der Waals surface area contributed by atoms with Crippen LogP contribution in [0.2, 0.25) is 0 Å². The van der Waals surface area contributed by atoms with Gasteiger partial charge in [-0.2, -0.15) is 0 Å². The van der Waals surface area contributed by atoms with Gasteiger partial charge in [-0.15, -0.1) is 0 Å². The molecular formula is C22H25FN2O3. The number of hydrogen-bond acceptors (Lipinski definition) is 4. The Bertz CT molecular complexity index is 862. The minimum atomic E-state index is -0.614. The van der Waals surface area contributed by atoms with Gasteiger partial charge >= 0.3 is 6.09 Å². The first kappa shape index (κ1) is 19.9. The molecule has 0 saturated carbocycles.